The molecule has 24 heavy (non-hydrogen) atoms. The summed E-state index contributed by atoms with van der Waals surface area (Å²) in [4.78, 5) is 35.5. The van der Waals surface area contributed by atoms with Crippen molar-refractivity contribution in [2.24, 2.45) is 0 Å². The highest BCUT2D eigenvalue weighted by atomic mass is 32.1. The maximum absolute atomic E-state index is 13.6. The topological polar surface area (TPSA) is 84.5 Å². The fourth-order valence-corrected chi connectivity index (χ4v) is 2.87. The molecular weight excluding hydrogens is 335 g/mol. The van der Waals surface area contributed by atoms with Crippen molar-refractivity contribution >= 4 is 39.3 Å². The van der Waals surface area contributed by atoms with E-state index in [9.17, 15) is 18.8 Å². The minimum atomic E-state index is -1.16. The van der Waals surface area contributed by atoms with Crippen molar-refractivity contribution in [3.05, 3.63) is 35.0 Å². The highest BCUT2D eigenvalue weighted by Gasteiger charge is 2.22. The first-order valence-corrected chi connectivity index (χ1v) is 8.10. The first-order valence-electron chi connectivity index (χ1n) is 7.28. The van der Waals surface area contributed by atoms with Crippen molar-refractivity contribution in [2.45, 2.75) is 32.9 Å². The molecule has 0 fully saturated rings. The van der Waals surface area contributed by atoms with Crippen LogP contribution >= 0.6 is 11.3 Å². The molecule has 0 unspecified atom stereocenters. The maximum atomic E-state index is 13.6. The molecule has 0 spiro atoms. The van der Waals surface area contributed by atoms with E-state index in [4.69, 9.17) is 4.74 Å². The van der Waals surface area contributed by atoms with E-state index in [0.29, 0.717) is 10.1 Å². The first kappa shape index (κ1) is 17.9. The molecular formula is C16H17FN2O4S. The summed E-state index contributed by atoms with van der Waals surface area (Å²) in [7, 11) is 0. The van der Waals surface area contributed by atoms with Crippen LogP contribution in [0.15, 0.2) is 24.3 Å². The molecule has 1 aromatic carbocycles. The highest BCUT2D eigenvalue weighted by molar-refractivity contribution is 7.20. The van der Waals surface area contributed by atoms with Gasteiger partial charge >= 0.3 is 12.0 Å². The molecule has 2 rings (SSSR count). The second-order valence-corrected chi connectivity index (χ2v) is 6.51. The Bertz CT molecular complexity index is 787. The second kappa shape index (κ2) is 7.39. The normalized spacial score (nSPS) is 12.0. The predicted molar refractivity (Wildman–Crippen MR) is 88.5 cm³/mol. The molecule has 1 atom stereocenters. The van der Waals surface area contributed by atoms with Crippen molar-refractivity contribution < 1.29 is 23.5 Å². The summed E-state index contributed by atoms with van der Waals surface area (Å²) in [6.45, 7) is 4.84. The number of halogens is 1. The number of esters is 1. The Balaban J connectivity index is 2.01. The third-order valence-electron chi connectivity index (χ3n) is 3.02. The Morgan fingerprint density at radius 1 is 1.21 bits per heavy atom. The van der Waals surface area contributed by atoms with Crippen LogP contribution in [0.1, 0.15) is 30.4 Å². The van der Waals surface area contributed by atoms with Gasteiger partial charge in [0.1, 0.15) is 10.7 Å². The Hall–Kier alpha value is -2.48. The third-order valence-corrected chi connectivity index (χ3v) is 4.10. The van der Waals surface area contributed by atoms with Gasteiger partial charge in [-0.2, -0.15) is 0 Å². The van der Waals surface area contributed by atoms with Crippen molar-refractivity contribution in [1.82, 2.24) is 10.6 Å². The number of carbonyl (C=O) groups is 3. The zero-order valence-electron chi connectivity index (χ0n) is 13.4. The average Bonchev–Trinajstić information content (AvgIpc) is 2.91. The Morgan fingerprint density at radius 3 is 2.54 bits per heavy atom. The molecule has 0 saturated heterocycles. The molecule has 0 radical (unpaired) electrons. The van der Waals surface area contributed by atoms with E-state index in [2.05, 4.69) is 10.6 Å². The summed E-state index contributed by atoms with van der Waals surface area (Å²) < 4.78 is 19.3. The molecule has 0 aliphatic rings. The summed E-state index contributed by atoms with van der Waals surface area (Å²) in [6, 6.07) is 5.12. The Labute approximate surface area is 142 Å². The van der Waals surface area contributed by atoms with E-state index in [1.165, 1.54) is 19.1 Å². The summed E-state index contributed by atoms with van der Waals surface area (Å²) in [5, 5.41) is 4.89. The van der Waals surface area contributed by atoms with E-state index in [0.717, 1.165) is 11.3 Å². The predicted octanol–water partition coefficient (Wildman–Crippen LogP) is 2.82. The molecule has 128 valence electrons. The summed E-state index contributed by atoms with van der Waals surface area (Å²) in [6.07, 6.45) is -1.16. The van der Waals surface area contributed by atoms with Crippen LogP contribution in [0.3, 0.4) is 0 Å². The molecule has 0 aliphatic heterocycles. The van der Waals surface area contributed by atoms with Crippen LogP contribution in [-0.4, -0.2) is 30.1 Å². The zero-order valence-corrected chi connectivity index (χ0v) is 14.2. The van der Waals surface area contributed by atoms with E-state index < -0.39 is 29.8 Å². The van der Waals surface area contributed by atoms with E-state index in [-0.39, 0.29) is 10.9 Å². The maximum Gasteiger partial charge on any atom is 0.349 e. The van der Waals surface area contributed by atoms with Gasteiger partial charge in [-0.3, -0.25) is 10.1 Å². The average molecular weight is 352 g/mol. The van der Waals surface area contributed by atoms with Crippen LogP contribution < -0.4 is 10.6 Å². The van der Waals surface area contributed by atoms with Crippen LogP contribution in [0, 0.1) is 5.82 Å². The number of urea groups is 1. The number of rotatable bonds is 4. The second-order valence-electron chi connectivity index (χ2n) is 5.43. The van der Waals surface area contributed by atoms with Gasteiger partial charge in [0, 0.05) is 16.1 Å². The summed E-state index contributed by atoms with van der Waals surface area (Å²) >= 11 is 1.07. The van der Waals surface area contributed by atoms with Gasteiger partial charge in [-0.25, -0.2) is 14.0 Å². The minimum absolute atomic E-state index is 0.135. The van der Waals surface area contributed by atoms with Crippen molar-refractivity contribution in [2.75, 3.05) is 0 Å². The fourth-order valence-electron chi connectivity index (χ4n) is 1.91. The molecule has 8 heteroatoms. The monoisotopic (exact) mass is 352 g/mol. The lowest BCUT2D eigenvalue weighted by Gasteiger charge is -2.13. The number of hydrogen-bond donors (Lipinski definition) is 2. The standard InChI is InChI=1S/C16H17FN2O4S/c1-8(2)18-16(22)19-14(20)9(3)23-15(21)13-7-10-11(17)5-4-6-12(10)24-13/h4-9H,1-3H3,(H2,18,19,20,22)/t9-/m0/s1. The van der Waals surface area contributed by atoms with Crippen LogP contribution in [0.5, 0.6) is 0 Å². The molecule has 0 aliphatic carbocycles. The zero-order chi connectivity index (χ0) is 17.9. The smallest absolute Gasteiger partial charge is 0.349 e. The molecule has 3 amide bonds. The number of imide groups is 1. The van der Waals surface area contributed by atoms with Crippen LogP contribution in [0.4, 0.5) is 9.18 Å². The van der Waals surface area contributed by atoms with Gasteiger partial charge in [-0.05, 0) is 39.0 Å². The van der Waals surface area contributed by atoms with Crippen molar-refractivity contribution in [1.29, 1.82) is 0 Å². The van der Waals surface area contributed by atoms with E-state index >= 15 is 0 Å². The third kappa shape index (κ3) is 4.29. The van der Waals surface area contributed by atoms with Gasteiger partial charge < -0.3 is 10.1 Å². The Morgan fingerprint density at radius 2 is 1.92 bits per heavy atom. The number of ether oxygens (including phenoxy) is 1. The van der Waals surface area contributed by atoms with E-state index in [1.54, 1.807) is 26.0 Å². The van der Waals surface area contributed by atoms with Crippen molar-refractivity contribution in [3.8, 4) is 0 Å². The molecule has 1 heterocycles. The largest absolute Gasteiger partial charge is 0.448 e. The number of hydrogen-bond acceptors (Lipinski definition) is 5. The van der Waals surface area contributed by atoms with Crippen LogP contribution in [0.2, 0.25) is 0 Å². The van der Waals surface area contributed by atoms with Crippen LogP contribution in [-0.2, 0) is 9.53 Å². The van der Waals surface area contributed by atoms with Gasteiger partial charge in [-0.15, -0.1) is 11.3 Å². The van der Waals surface area contributed by atoms with Crippen molar-refractivity contribution in [3.63, 3.8) is 0 Å². The number of nitrogens with one attached hydrogen (secondary N) is 2. The van der Waals surface area contributed by atoms with Gasteiger partial charge in [-0.1, -0.05) is 6.07 Å². The molecule has 1 aromatic heterocycles. The minimum Gasteiger partial charge on any atom is -0.448 e. The lowest BCUT2D eigenvalue weighted by Crippen LogP contribution is -2.46. The first-order chi connectivity index (χ1) is 11.3. The van der Waals surface area contributed by atoms with Gasteiger partial charge in [0.15, 0.2) is 6.10 Å². The molecule has 0 saturated carbocycles. The summed E-state index contributed by atoms with van der Waals surface area (Å²) in [5.41, 5.74) is 0. The van der Waals surface area contributed by atoms with Gasteiger partial charge in [0.2, 0.25) is 0 Å². The number of benzene rings is 1. The number of fused-ring (bicyclic) bond motifs is 1. The number of carbonyl (C=O) groups excluding carboxylic acids is 3. The number of thiophene rings is 1. The lowest BCUT2D eigenvalue weighted by molar-refractivity contribution is -0.127. The fraction of sp³-hybridized carbons (Fsp3) is 0.312. The van der Waals surface area contributed by atoms with Gasteiger partial charge in [0.25, 0.3) is 5.91 Å². The summed E-state index contributed by atoms with van der Waals surface area (Å²) in [5.74, 6) is -1.92. The molecule has 0 bridgehead atoms. The Kier molecular flexibility index (Phi) is 5.50. The SMILES string of the molecule is CC(C)NC(=O)NC(=O)[C@H](C)OC(=O)c1cc2c(F)cccc2s1. The van der Waals surface area contributed by atoms with E-state index in [1.807, 2.05) is 0 Å². The van der Waals surface area contributed by atoms with Gasteiger partial charge in [0.05, 0.1) is 0 Å². The highest BCUT2D eigenvalue weighted by Crippen LogP contribution is 2.28. The molecule has 6 nitrogen and oxygen atoms in total. The lowest BCUT2D eigenvalue weighted by atomic mass is 10.2. The quantitative estimate of drug-likeness (QED) is 0.829. The number of amides is 3. The van der Waals surface area contributed by atoms with Crippen LogP contribution in [0.25, 0.3) is 10.1 Å². The molecule has 2 N–H and O–H groups in total. The molecule has 2 aromatic rings.